The van der Waals surface area contributed by atoms with Crippen LogP contribution >= 0.6 is 11.8 Å². The number of benzene rings is 4. The molecule has 4 aromatic carbocycles. The quantitative estimate of drug-likeness (QED) is 0.297. The molecule has 30 heavy (non-hydrogen) atoms. The Bertz CT molecular complexity index is 1220. The first-order chi connectivity index (χ1) is 14.6. The molecule has 4 rings (SSSR count). The summed E-state index contributed by atoms with van der Waals surface area (Å²) < 4.78 is 7.71. The van der Waals surface area contributed by atoms with E-state index in [-0.39, 0.29) is 20.9 Å². The number of carbonyl (C=O) groups excluding carboxylic acids is 1. The van der Waals surface area contributed by atoms with Gasteiger partial charge in [-0.15, -0.1) is 0 Å². The van der Waals surface area contributed by atoms with Gasteiger partial charge in [-0.3, -0.25) is 0 Å². The van der Waals surface area contributed by atoms with Crippen molar-refractivity contribution < 1.29 is 9.53 Å². The monoisotopic (exact) mass is 478 g/mol. The van der Waals surface area contributed by atoms with Gasteiger partial charge < -0.3 is 0 Å². The Morgan fingerprint density at radius 3 is 2.30 bits per heavy atom. The predicted octanol–water partition coefficient (Wildman–Crippen LogP) is 5.05. The van der Waals surface area contributed by atoms with Crippen LogP contribution in [-0.4, -0.2) is 28.0 Å². The standard InChI is InChI=1S/C26H22O2SSe/c1-17-15-23(29-21-14-13-19-9-7-8-10-20(19)16-21)24(26(27)28-3)18(2)25(17)30-22-11-5-4-6-12-22/h4-16H,1-3H3. The zero-order chi connectivity index (χ0) is 21.1. The molecule has 150 valence electrons. The molecule has 0 saturated carbocycles. The van der Waals surface area contributed by atoms with Gasteiger partial charge in [0.1, 0.15) is 0 Å². The number of ether oxygens (including phenoxy) is 1. The van der Waals surface area contributed by atoms with E-state index >= 15 is 0 Å². The van der Waals surface area contributed by atoms with E-state index in [1.54, 1.807) is 11.8 Å². The number of esters is 1. The molecule has 2 nitrogen and oxygen atoms in total. The second-order valence-electron chi connectivity index (χ2n) is 7.04. The first kappa shape index (κ1) is 20.7. The Kier molecular flexibility index (Phi) is 6.29. The number of hydrogen-bond acceptors (Lipinski definition) is 3. The van der Waals surface area contributed by atoms with Crippen molar-refractivity contribution in [1.82, 2.24) is 0 Å². The molecule has 0 heterocycles. The molecule has 0 radical (unpaired) electrons. The SMILES string of the molecule is COC(=O)c1c(Sc2ccc3ccccc3c2)cc(C)c([Se]c2ccccc2)c1C. The summed E-state index contributed by atoms with van der Waals surface area (Å²) in [5.74, 6) is -0.277. The predicted molar refractivity (Wildman–Crippen MR) is 127 cm³/mol. The first-order valence-corrected chi connectivity index (χ1v) is 12.2. The molecular formula is C26H22O2SSe. The number of methoxy groups -OCH3 is 1. The molecule has 0 aliphatic rings. The van der Waals surface area contributed by atoms with Crippen LogP contribution in [0.4, 0.5) is 0 Å². The van der Waals surface area contributed by atoms with Crippen LogP contribution in [0, 0.1) is 13.8 Å². The fourth-order valence-electron chi connectivity index (χ4n) is 3.49. The molecule has 0 amide bonds. The van der Waals surface area contributed by atoms with Gasteiger partial charge in [0.25, 0.3) is 0 Å². The van der Waals surface area contributed by atoms with Gasteiger partial charge in [0.05, 0.1) is 0 Å². The Labute approximate surface area is 187 Å². The number of fused-ring (bicyclic) bond motifs is 1. The molecule has 0 fully saturated rings. The summed E-state index contributed by atoms with van der Waals surface area (Å²) in [6.07, 6.45) is 0. The van der Waals surface area contributed by atoms with Crippen molar-refractivity contribution in [2.45, 2.75) is 23.6 Å². The Morgan fingerprint density at radius 2 is 1.57 bits per heavy atom. The van der Waals surface area contributed by atoms with Gasteiger partial charge in [-0.2, -0.15) is 0 Å². The third kappa shape index (κ3) is 4.32. The van der Waals surface area contributed by atoms with Gasteiger partial charge in [0.15, 0.2) is 0 Å². The summed E-state index contributed by atoms with van der Waals surface area (Å²) in [5, 5.41) is 2.41. The van der Waals surface area contributed by atoms with Gasteiger partial charge in [0.2, 0.25) is 0 Å². The van der Waals surface area contributed by atoms with E-state index in [1.807, 2.05) is 25.1 Å². The number of carbonyl (C=O) groups is 1. The van der Waals surface area contributed by atoms with E-state index in [4.69, 9.17) is 4.74 Å². The number of rotatable bonds is 5. The van der Waals surface area contributed by atoms with Crippen molar-refractivity contribution in [3.05, 3.63) is 95.6 Å². The normalized spacial score (nSPS) is 10.9. The molecule has 0 saturated heterocycles. The van der Waals surface area contributed by atoms with E-state index < -0.39 is 0 Å². The molecule has 4 heteroatoms. The molecule has 0 bridgehead atoms. The third-order valence-corrected chi connectivity index (χ3v) is 8.81. The average molecular weight is 477 g/mol. The fraction of sp³-hybridized carbons (Fsp3) is 0.115. The maximum absolute atomic E-state index is 12.7. The Morgan fingerprint density at radius 1 is 0.867 bits per heavy atom. The van der Waals surface area contributed by atoms with Crippen molar-refractivity contribution in [2.75, 3.05) is 7.11 Å². The van der Waals surface area contributed by atoms with E-state index in [9.17, 15) is 4.79 Å². The molecule has 0 atom stereocenters. The Hall–Kier alpha value is -2.52. The van der Waals surface area contributed by atoms with Crippen LogP contribution in [0.15, 0.2) is 88.7 Å². The van der Waals surface area contributed by atoms with E-state index in [1.165, 1.54) is 32.4 Å². The van der Waals surface area contributed by atoms with Crippen LogP contribution in [0.3, 0.4) is 0 Å². The minimum atomic E-state index is -0.277. The van der Waals surface area contributed by atoms with Crippen molar-refractivity contribution in [3.63, 3.8) is 0 Å². The summed E-state index contributed by atoms with van der Waals surface area (Å²) in [4.78, 5) is 14.8. The molecule has 0 unspecified atom stereocenters. The second-order valence-corrected chi connectivity index (χ2v) is 10.4. The third-order valence-electron chi connectivity index (χ3n) is 4.97. The van der Waals surface area contributed by atoms with Gasteiger partial charge in [-0.25, -0.2) is 0 Å². The summed E-state index contributed by atoms with van der Waals surface area (Å²) in [5.41, 5.74) is 2.91. The second kappa shape index (κ2) is 9.09. The van der Waals surface area contributed by atoms with Gasteiger partial charge >= 0.3 is 188 Å². The van der Waals surface area contributed by atoms with E-state index in [0.717, 1.165) is 15.4 Å². The van der Waals surface area contributed by atoms with Crippen LogP contribution in [0.25, 0.3) is 10.8 Å². The Balaban J connectivity index is 1.77. The van der Waals surface area contributed by atoms with Crippen LogP contribution < -0.4 is 8.92 Å². The summed E-state index contributed by atoms with van der Waals surface area (Å²) in [7, 11) is 1.45. The van der Waals surface area contributed by atoms with Crippen molar-refractivity contribution in [2.24, 2.45) is 0 Å². The molecule has 0 spiro atoms. The van der Waals surface area contributed by atoms with Crippen molar-refractivity contribution in [3.8, 4) is 0 Å². The summed E-state index contributed by atoms with van der Waals surface area (Å²) in [6.45, 7) is 4.18. The van der Waals surface area contributed by atoms with Crippen molar-refractivity contribution >= 4 is 52.4 Å². The van der Waals surface area contributed by atoms with Crippen LogP contribution in [0.1, 0.15) is 21.5 Å². The topological polar surface area (TPSA) is 26.3 Å². The first-order valence-electron chi connectivity index (χ1n) is 9.69. The van der Waals surface area contributed by atoms with E-state index in [0.29, 0.717) is 5.56 Å². The molecule has 0 aliphatic carbocycles. The average Bonchev–Trinajstić information content (AvgIpc) is 2.77. The molecule has 0 N–H and O–H groups in total. The van der Waals surface area contributed by atoms with Crippen LogP contribution in [0.2, 0.25) is 0 Å². The molecular weight excluding hydrogens is 455 g/mol. The van der Waals surface area contributed by atoms with Crippen molar-refractivity contribution in [1.29, 1.82) is 0 Å². The molecule has 0 aliphatic heterocycles. The fourth-order valence-corrected chi connectivity index (χ4v) is 6.74. The van der Waals surface area contributed by atoms with Crippen LogP contribution in [-0.2, 0) is 4.74 Å². The minimum absolute atomic E-state index is 0.129. The molecule has 0 aromatic heterocycles. The van der Waals surface area contributed by atoms with Gasteiger partial charge in [-0.1, -0.05) is 0 Å². The summed E-state index contributed by atoms with van der Waals surface area (Å²) in [6, 6.07) is 27.3. The zero-order valence-electron chi connectivity index (χ0n) is 17.1. The van der Waals surface area contributed by atoms with Gasteiger partial charge in [0, 0.05) is 0 Å². The van der Waals surface area contributed by atoms with Gasteiger partial charge in [-0.05, 0) is 0 Å². The molecule has 4 aromatic rings. The van der Waals surface area contributed by atoms with Crippen LogP contribution in [0.5, 0.6) is 0 Å². The number of aryl methyl sites for hydroxylation is 1. The summed E-state index contributed by atoms with van der Waals surface area (Å²) >= 11 is 1.75. The maximum atomic E-state index is 12.7. The number of hydrogen-bond donors (Lipinski definition) is 0. The van der Waals surface area contributed by atoms with E-state index in [2.05, 4.69) is 67.6 Å². The zero-order valence-corrected chi connectivity index (χ0v) is 19.7.